The van der Waals surface area contributed by atoms with Crippen molar-refractivity contribution in [1.29, 1.82) is 0 Å². The van der Waals surface area contributed by atoms with Gasteiger partial charge in [0.2, 0.25) is 0 Å². The van der Waals surface area contributed by atoms with E-state index in [2.05, 4.69) is 31.6 Å². The number of rotatable bonds is 2. The number of ether oxygens (including phenoxy) is 1. The summed E-state index contributed by atoms with van der Waals surface area (Å²) in [6.07, 6.45) is 5.41. The van der Waals surface area contributed by atoms with Gasteiger partial charge in [0.1, 0.15) is 0 Å². The Morgan fingerprint density at radius 3 is 2.33 bits per heavy atom. The molecule has 1 aliphatic rings. The molecular weight excluding hydrogens is 150 g/mol. The molecule has 0 aromatic heterocycles. The summed E-state index contributed by atoms with van der Waals surface area (Å²) >= 11 is 0. The fourth-order valence-corrected chi connectivity index (χ4v) is 1.38. The van der Waals surface area contributed by atoms with E-state index in [0.717, 1.165) is 13.1 Å². The zero-order valence-corrected chi connectivity index (χ0v) is 8.35. The van der Waals surface area contributed by atoms with E-state index in [-0.39, 0.29) is 11.1 Å². The lowest BCUT2D eigenvalue weighted by atomic mass is 9.89. The van der Waals surface area contributed by atoms with Gasteiger partial charge in [0.15, 0.2) is 0 Å². The summed E-state index contributed by atoms with van der Waals surface area (Å²) in [4.78, 5) is 2.25. The number of nitrogens with zero attached hydrogens (tertiary/aromatic N) is 1. The highest BCUT2D eigenvalue weighted by Crippen LogP contribution is 2.30. The average Bonchev–Trinajstić information content (AvgIpc) is 1.98. The molecule has 0 spiro atoms. The molecule has 0 aromatic carbocycles. The van der Waals surface area contributed by atoms with Gasteiger partial charge in [-0.15, -0.1) is 6.42 Å². The Balaban J connectivity index is 2.51. The van der Waals surface area contributed by atoms with E-state index in [1.807, 2.05) is 0 Å². The maximum Gasteiger partial charge on any atom is 0.0904 e. The molecule has 1 fully saturated rings. The van der Waals surface area contributed by atoms with Crippen molar-refractivity contribution in [2.45, 2.75) is 31.9 Å². The second-order valence-corrected chi connectivity index (χ2v) is 4.21. The SMILES string of the molecule is C#CC(C)(C)N1CC(C)(OC)C1. The van der Waals surface area contributed by atoms with Crippen LogP contribution in [0.15, 0.2) is 0 Å². The molecule has 2 heteroatoms. The van der Waals surface area contributed by atoms with Gasteiger partial charge >= 0.3 is 0 Å². The first-order valence-electron chi connectivity index (χ1n) is 4.21. The number of terminal acetylenes is 1. The highest BCUT2D eigenvalue weighted by atomic mass is 16.5. The van der Waals surface area contributed by atoms with E-state index < -0.39 is 0 Å². The second-order valence-electron chi connectivity index (χ2n) is 4.21. The van der Waals surface area contributed by atoms with Gasteiger partial charge in [-0.3, -0.25) is 4.90 Å². The Kier molecular flexibility index (Phi) is 2.20. The molecule has 68 valence electrons. The van der Waals surface area contributed by atoms with Crippen LogP contribution in [0.3, 0.4) is 0 Å². The maximum atomic E-state index is 5.41. The largest absolute Gasteiger partial charge is 0.376 e. The lowest BCUT2D eigenvalue weighted by Gasteiger charge is -2.52. The summed E-state index contributed by atoms with van der Waals surface area (Å²) in [6, 6.07) is 0. The Hall–Kier alpha value is -0.520. The zero-order chi connectivity index (χ0) is 9.41. The van der Waals surface area contributed by atoms with Crippen LogP contribution >= 0.6 is 0 Å². The first-order valence-corrected chi connectivity index (χ1v) is 4.21. The summed E-state index contributed by atoms with van der Waals surface area (Å²) in [6.45, 7) is 8.09. The number of hydrogen-bond acceptors (Lipinski definition) is 2. The summed E-state index contributed by atoms with van der Waals surface area (Å²) in [7, 11) is 1.75. The van der Waals surface area contributed by atoms with Crippen LogP contribution in [-0.2, 0) is 4.74 Å². The van der Waals surface area contributed by atoms with Crippen LogP contribution in [0.25, 0.3) is 0 Å². The van der Waals surface area contributed by atoms with Crippen molar-refractivity contribution in [3.8, 4) is 12.3 Å². The number of methoxy groups -OCH3 is 1. The quantitative estimate of drug-likeness (QED) is 0.571. The fourth-order valence-electron chi connectivity index (χ4n) is 1.38. The van der Waals surface area contributed by atoms with Crippen molar-refractivity contribution in [1.82, 2.24) is 4.90 Å². The molecule has 0 atom stereocenters. The van der Waals surface area contributed by atoms with Crippen LogP contribution in [0.2, 0.25) is 0 Å². The monoisotopic (exact) mass is 167 g/mol. The zero-order valence-electron chi connectivity index (χ0n) is 8.35. The minimum Gasteiger partial charge on any atom is -0.376 e. The van der Waals surface area contributed by atoms with Crippen LogP contribution in [0.5, 0.6) is 0 Å². The molecule has 12 heavy (non-hydrogen) atoms. The molecule has 0 aromatic rings. The Morgan fingerprint density at radius 2 is 2.00 bits per heavy atom. The fraction of sp³-hybridized carbons (Fsp3) is 0.800. The van der Waals surface area contributed by atoms with Crippen LogP contribution < -0.4 is 0 Å². The molecule has 0 bridgehead atoms. The van der Waals surface area contributed by atoms with Crippen LogP contribution in [0.1, 0.15) is 20.8 Å². The lowest BCUT2D eigenvalue weighted by Crippen LogP contribution is -2.66. The van der Waals surface area contributed by atoms with Crippen molar-refractivity contribution < 1.29 is 4.74 Å². The van der Waals surface area contributed by atoms with Crippen LogP contribution in [0, 0.1) is 12.3 Å². The van der Waals surface area contributed by atoms with Gasteiger partial charge in [-0.2, -0.15) is 0 Å². The van der Waals surface area contributed by atoms with Crippen LogP contribution in [-0.4, -0.2) is 36.2 Å². The molecular formula is C10H17NO. The summed E-state index contributed by atoms with van der Waals surface area (Å²) in [5.41, 5.74) is -0.105. The van der Waals surface area contributed by atoms with Gasteiger partial charge < -0.3 is 4.74 Å². The average molecular weight is 167 g/mol. The predicted octanol–water partition coefficient (Wildman–Crippen LogP) is 1.12. The summed E-state index contributed by atoms with van der Waals surface area (Å²) < 4.78 is 5.33. The van der Waals surface area contributed by atoms with Crippen LogP contribution in [0.4, 0.5) is 0 Å². The Morgan fingerprint density at radius 1 is 1.50 bits per heavy atom. The summed E-state index contributed by atoms with van der Waals surface area (Å²) in [5.74, 6) is 2.78. The molecule has 0 radical (unpaired) electrons. The van der Waals surface area contributed by atoms with Gasteiger partial charge in [-0.05, 0) is 20.8 Å². The first-order chi connectivity index (χ1) is 5.43. The highest BCUT2D eigenvalue weighted by Gasteiger charge is 2.44. The van der Waals surface area contributed by atoms with Crippen molar-refractivity contribution in [2.24, 2.45) is 0 Å². The van der Waals surface area contributed by atoms with Gasteiger partial charge in [0.25, 0.3) is 0 Å². The third-order valence-corrected chi connectivity index (χ3v) is 2.69. The van der Waals surface area contributed by atoms with E-state index in [1.54, 1.807) is 7.11 Å². The highest BCUT2D eigenvalue weighted by molar-refractivity contribution is 5.13. The topological polar surface area (TPSA) is 12.5 Å². The number of likely N-dealkylation sites (tertiary alicyclic amines) is 1. The standard InChI is InChI=1S/C10H17NO/c1-6-9(2,3)11-7-10(4,8-11)12-5/h1H,7-8H2,2-5H3. The van der Waals surface area contributed by atoms with Gasteiger partial charge in [0.05, 0.1) is 11.1 Å². The van der Waals surface area contributed by atoms with Gasteiger partial charge in [-0.1, -0.05) is 5.92 Å². The molecule has 0 unspecified atom stereocenters. The smallest absolute Gasteiger partial charge is 0.0904 e. The minimum absolute atomic E-state index is 0.0219. The molecule has 1 rings (SSSR count). The van der Waals surface area contributed by atoms with Crippen molar-refractivity contribution >= 4 is 0 Å². The van der Waals surface area contributed by atoms with Gasteiger partial charge in [0, 0.05) is 20.2 Å². The van der Waals surface area contributed by atoms with Crippen molar-refractivity contribution in [3.05, 3.63) is 0 Å². The van der Waals surface area contributed by atoms with E-state index in [0.29, 0.717) is 0 Å². The molecule has 1 heterocycles. The van der Waals surface area contributed by atoms with E-state index >= 15 is 0 Å². The maximum absolute atomic E-state index is 5.41. The molecule has 0 N–H and O–H groups in total. The first kappa shape index (κ1) is 9.57. The predicted molar refractivity (Wildman–Crippen MR) is 49.9 cm³/mol. The molecule has 1 saturated heterocycles. The molecule has 0 saturated carbocycles. The molecule has 1 aliphatic heterocycles. The molecule has 2 nitrogen and oxygen atoms in total. The third kappa shape index (κ3) is 1.48. The number of hydrogen-bond donors (Lipinski definition) is 0. The Bertz CT molecular complexity index is 208. The second kappa shape index (κ2) is 2.76. The van der Waals surface area contributed by atoms with E-state index in [9.17, 15) is 0 Å². The van der Waals surface area contributed by atoms with Crippen molar-refractivity contribution in [3.63, 3.8) is 0 Å². The molecule has 0 amide bonds. The third-order valence-electron chi connectivity index (χ3n) is 2.69. The summed E-state index contributed by atoms with van der Waals surface area (Å²) in [5, 5.41) is 0. The van der Waals surface area contributed by atoms with Gasteiger partial charge in [-0.25, -0.2) is 0 Å². The molecule has 0 aliphatic carbocycles. The minimum atomic E-state index is -0.127. The lowest BCUT2D eigenvalue weighted by molar-refractivity contribution is -0.133. The normalized spacial score (nSPS) is 22.9. The van der Waals surface area contributed by atoms with E-state index in [4.69, 9.17) is 11.2 Å². The Labute approximate surface area is 74.9 Å². The van der Waals surface area contributed by atoms with E-state index in [1.165, 1.54) is 0 Å². The van der Waals surface area contributed by atoms with Crippen molar-refractivity contribution in [2.75, 3.05) is 20.2 Å².